The van der Waals surface area contributed by atoms with E-state index in [1.54, 1.807) is 0 Å². The molecule has 1 N–H and O–H groups in total. The normalized spacial score (nSPS) is 36.8. The summed E-state index contributed by atoms with van der Waals surface area (Å²) in [6, 6.07) is 0.597. The zero-order chi connectivity index (χ0) is 11.4. The molecule has 2 heterocycles. The van der Waals surface area contributed by atoms with E-state index in [4.69, 9.17) is 9.47 Å². The third-order valence-electron chi connectivity index (χ3n) is 4.04. The highest BCUT2D eigenvalue weighted by Crippen LogP contribution is 2.32. The number of rotatable bonds is 5. The van der Waals surface area contributed by atoms with Crippen LogP contribution in [-0.2, 0) is 9.47 Å². The van der Waals surface area contributed by atoms with E-state index >= 15 is 0 Å². The van der Waals surface area contributed by atoms with Crippen molar-refractivity contribution in [3.63, 3.8) is 0 Å². The lowest BCUT2D eigenvalue weighted by molar-refractivity contribution is 0.0672. The van der Waals surface area contributed by atoms with Gasteiger partial charge in [0.25, 0.3) is 0 Å². The van der Waals surface area contributed by atoms with E-state index < -0.39 is 0 Å². The molecular weight excluding hydrogens is 202 g/mol. The molecule has 4 atom stereocenters. The Bertz CT molecular complexity index is 204. The molecule has 0 aromatic rings. The van der Waals surface area contributed by atoms with Crippen molar-refractivity contribution in [2.24, 2.45) is 11.8 Å². The Morgan fingerprint density at radius 3 is 2.75 bits per heavy atom. The maximum atomic E-state index is 5.82. The van der Waals surface area contributed by atoms with Crippen molar-refractivity contribution < 1.29 is 9.47 Å². The molecule has 0 saturated carbocycles. The Kier molecular flexibility index (Phi) is 4.62. The first-order valence-corrected chi connectivity index (χ1v) is 6.79. The van der Waals surface area contributed by atoms with Crippen LogP contribution in [0.3, 0.4) is 0 Å². The highest BCUT2D eigenvalue weighted by Gasteiger charge is 2.38. The summed E-state index contributed by atoms with van der Waals surface area (Å²) >= 11 is 0. The molecule has 4 unspecified atom stereocenters. The standard InChI is InChI=1S/C13H25NO2/c1-3-12-11(6-8-16-12)13(14-4-2)10-5-7-15-9-10/h10-14H,3-9H2,1-2H3. The van der Waals surface area contributed by atoms with Crippen molar-refractivity contribution in [2.45, 2.75) is 45.3 Å². The minimum Gasteiger partial charge on any atom is -0.381 e. The van der Waals surface area contributed by atoms with Crippen LogP contribution in [0.5, 0.6) is 0 Å². The number of hydrogen-bond acceptors (Lipinski definition) is 3. The van der Waals surface area contributed by atoms with Gasteiger partial charge in [0, 0.05) is 31.1 Å². The second kappa shape index (κ2) is 5.99. The van der Waals surface area contributed by atoms with Crippen molar-refractivity contribution >= 4 is 0 Å². The van der Waals surface area contributed by atoms with E-state index in [0.29, 0.717) is 24.0 Å². The molecular formula is C13H25NO2. The molecule has 2 aliphatic heterocycles. The molecule has 2 aliphatic rings. The van der Waals surface area contributed by atoms with Crippen LogP contribution in [0, 0.1) is 11.8 Å². The first-order chi connectivity index (χ1) is 7.86. The van der Waals surface area contributed by atoms with Crippen LogP contribution in [0.2, 0.25) is 0 Å². The van der Waals surface area contributed by atoms with E-state index in [-0.39, 0.29) is 0 Å². The Morgan fingerprint density at radius 2 is 2.12 bits per heavy atom. The highest BCUT2D eigenvalue weighted by molar-refractivity contribution is 4.91. The average Bonchev–Trinajstić information content (AvgIpc) is 2.96. The predicted octanol–water partition coefficient (Wildman–Crippen LogP) is 1.82. The number of hydrogen-bond donors (Lipinski definition) is 1. The monoisotopic (exact) mass is 227 g/mol. The Hall–Kier alpha value is -0.120. The summed E-state index contributed by atoms with van der Waals surface area (Å²) in [4.78, 5) is 0. The molecule has 0 radical (unpaired) electrons. The number of nitrogens with one attached hydrogen (secondary N) is 1. The van der Waals surface area contributed by atoms with Crippen molar-refractivity contribution in [3.05, 3.63) is 0 Å². The Labute approximate surface area is 98.9 Å². The van der Waals surface area contributed by atoms with E-state index in [2.05, 4.69) is 19.2 Å². The summed E-state index contributed by atoms with van der Waals surface area (Å²) in [6.07, 6.45) is 4.03. The molecule has 0 aromatic heterocycles. The number of ether oxygens (including phenoxy) is 2. The lowest BCUT2D eigenvalue weighted by Crippen LogP contribution is -2.45. The highest BCUT2D eigenvalue weighted by atomic mass is 16.5. The van der Waals surface area contributed by atoms with Gasteiger partial charge in [-0.25, -0.2) is 0 Å². The van der Waals surface area contributed by atoms with Crippen LogP contribution in [-0.4, -0.2) is 38.5 Å². The van der Waals surface area contributed by atoms with Crippen LogP contribution in [0.4, 0.5) is 0 Å². The second-order valence-electron chi connectivity index (χ2n) is 4.98. The lowest BCUT2D eigenvalue weighted by Gasteiger charge is -2.31. The van der Waals surface area contributed by atoms with E-state index in [0.717, 1.165) is 32.8 Å². The molecule has 0 spiro atoms. The molecule has 2 fully saturated rings. The molecule has 2 saturated heterocycles. The quantitative estimate of drug-likeness (QED) is 0.777. The fourth-order valence-electron chi connectivity index (χ4n) is 3.24. The van der Waals surface area contributed by atoms with E-state index in [1.165, 1.54) is 12.8 Å². The fourth-order valence-corrected chi connectivity index (χ4v) is 3.24. The molecule has 94 valence electrons. The summed E-state index contributed by atoms with van der Waals surface area (Å²) in [5.74, 6) is 1.39. The zero-order valence-electron chi connectivity index (χ0n) is 10.6. The topological polar surface area (TPSA) is 30.5 Å². The van der Waals surface area contributed by atoms with Gasteiger partial charge in [0.05, 0.1) is 12.7 Å². The molecule has 2 rings (SSSR count). The molecule has 0 aliphatic carbocycles. The molecule has 3 heteroatoms. The summed E-state index contributed by atoms with van der Waals surface area (Å²) in [5, 5.41) is 3.67. The average molecular weight is 227 g/mol. The molecule has 16 heavy (non-hydrogen) atoms. The lowest BCUT2D eigenvalue weighted by atomic mass is 9.82. The van der Waals surface area contributed by atoms with Crippen LogP contribution in [0.15, 0.2) is 0 Å². The Morgan fingerprint density at radius 1 is 1.25 bits per heavy atom. The van der Waals surface area contributed by atoms with Crippen molar-refractivity contribution in [1.29, 1.82) is 0 Å². The van der Waals surface area contributed by atoms with Crippen molar-refractivity contribution in [1.82, 2.24) is 5.32 Å². The largest absolute Gasteiger partial charge is 0.381 e. The minimum atomic E-state index is 0.463. The van der Waals surface area contributed by atoms with E-state index in [1.807, 2.05) is 0 Å². The molecule has 3 nitrogen and oxygen atoms in total. The van der Waals surface area contributed by atoms with Crippen LogP contribution in [0.1, 0.15) is 33.1 Å². The van der Waals surface area contributed by atoms with Gasteiger partial charge in [-0.3, -0.25) is 0 Å². The van der Waals surface area contributed by atoms with Gasteiger partial charge in [-0.15, -0.1) is 0 Å². The second-order valence-corrected chi connectivity index (χ2v) is 4.98. The van der Waals surface area contributed by atoms with Crippen molar-refractivity contribution in [2.75, 3.05) is 26.4 Å². The van der Waals surface area contributed by atoms with Crippen LogP contribution in [0.25, 0.3) is 0 Å². The first-order valence-electron chi connectivity index (χ1n) is 6.79. The minimum absolute atomic E-state index is 0.463. The van der Waals surface area contributed by atoms with Gasteiger partial charge in [-0.05, 0) is 25.8 Å². The third kappa shape index (κ3) is 2.58. The maximum Gasteiger partial charge on any atom is 0.0616 e. The van der Waals surface area contributed by atoms with Crippen molar-refractivity contribution in [3.8, 4) is 0 Å². The maximum absolute atomic E-state index is 5.82. The van der Waals surface area contributed by atoms with E-state index in [9.17, 15) is 0 Å². The fraction of sp³-hybridized carbons (Fsp3) is 1.00. The zero-order valence-corrected chi connectivity index (χ0v) is 10.6. The summed E-state index contributed by atoms with van der Waals surface area (Å²) in [7, 11) is 0. The van der Waals surface area contributed by atoms with Crippen LogP contribution >= 0.6 is 0 Å². The van der Waals surface area contributed by atoms with Gasteiger partial charge in [0.15, 0.2) is 0 Å². The first kappa shape index (κ1) is 12.3. The molecule has 0 amide bonds. The third-order valence-corrected chi connectivity index (χ3v) is 4.04. The van der Waals surface area contributed by atoms with Gasteiger partial charge >= 0.3 is 0 Å². The predicted molar refractivity (Wildman–Crippen MR) is 64.5 cm³/mol. The summed E-state index contributed by atoms with van der Waals surface area (Å²) in [5.41, 5.74) is 0. The molecule has 0 aromatic carbocycles. The van der Waals surface area contributed by atoms with Gasteiger partial charge in [0.1, 0.15) is 0 Å². The van der Waals surface area contributed by atoms with Gasteiger partial charge < -0.3 is 14.8 Å². The summed E-state index contributed by atoms with van der Waals surface area (Å²) in [6.45, 7) is 8.30. The van der Waals surface area contributed by atoms with Gasteiger partial charge in [0.2, 0.25) is 0 Å². The van der Waals surface area contributed by atoms with Gasteiger partial charge in [-0.2, -0.15) is 0 Å². The smallest absolute Gasteiger partial charge is 0.0616 e. The van der Waals surface area contributed by atoms with Gasteiger partial charge in [-0.1, -0.05) is 13.8 Å². The Balaban J connectivity index is 1.99. The SMILES string of the molecule is CCNC(C1CCOC1)C1CCOC1CC. The van der Waals surface area contributed by atoms with Crippen LogP contribution < -0.4 is 5.32 Å². The summed E-state index contributed by atoms with van der Waals surface area (Å²) < 4.78 is 11.4. The molecule has 0 bridgehead atoms.